The van der Waals surface area contributed by atoms with Crippen LogP contribution >= 0.6 is 12.4 Å². The fourth-order valence-corrected chi connectivity index (χ4v) is 4.25. The van der Waals surface area contributed by atoms with Gasteiger partial charge in [-0.1, -0.05) is 36.4 Å². The molecule has 0 spiro atoms. The van der Waals surface area contributed by atoms with Gasteiger partial charge in [0.1, 0.15) is 5.58 Å². The van der Waals surface area contributed by atoms with Crippen LogP contribution in [0.25, 0.3) is 21.7 Å². The van der Waals surface area contributed by atoms with E-state index in [0.29, 0.717) is 11.7 Å². The lowest BCUT2D eigenvalue weighted by Crippen LogP contribution is -2.57. The molecule has 25 heavy (non-hydrogen) atoms. The Morgan fingerprint density at radius 3 is 2.60 bits per heavy atom. The maximum Gasteiger partial charge on any atom is 0.287 e. The molecule has 4 heterocycles. The number of piperidine rings is 3. The molecule has 1 N–H and O–H groups in total. The van der Waals surface area contributed by atoms with Crippen molar-refractivity contribution in [2.45, 2.75) is 18.9 Å². The highest BCUT2D eigenvalue weighted by atomic mass is 35.5. The Balaban J connectivity index is 0.00000157. The Kier molecular flexibility index (Phi) is 4.18. The van der Waals surface area contributed by atoms with Crippen molar-refractivity contribution < 1.29 is 9.21 Å². The number of hydrogen-bond acceptors (Lipinski definition) is 3. The van der Waals surface area contributed by atoms with E-state index < -0.39 is 0 Å². The molecule has 1 atom stereocenters. The van der Waals surface area contributed by atoms with Crippen LogP contribution in [0.1, 0.15) is 23.4 Å². The van der Waals surface area contributed by atoms with E-state index in [-0.39, 0.29) is 24.4 Å². The van der Waals surface area contributed by atoms with Crippen LogP contribution in [0.4, 0.5) is 0 Å². The van der Waals surface area contributed by atoms with E-state index in [4.69, 9.17) is 4.42 Å². The smallest absolute Gasteiger partial charge is 0.287 e. The second-order valence-corrected chi connectivity index (χ2v) is 7.03. The topological polar surface area (TPSA) is 45.5 Å². The van der Waals surface area contributed by atoms with Crippen LogP contribution in [-0.4, -0.2) is 36.5 Å². The third-order valence-electron chi connectivity index (χ3n) is 5.61. The predicted octanol–water partition coefficient (Wildman–Crippen LogP) is 3.83. The van der Waals surface area contributed by atoms with Gasteiger partial charge in [-0.15, -0.1) is 12.4 Å². The minimum Gasteiger partial charge on any atom is -0.450 e. The summed E-state index contributed by atoms with van der Waals surface area (Å²) in [7, 11) is 0. The molecule has 6 rings (SSSR count). The molecule has 0 radical (unpaired) electrons. The van der Waals surface area contributed by atoms with Crippen molar-refractivity contribution in [1.82, 2.24) is 10.2 Å². The molecule has 2 aromatic carbocycles. The number of hydrogen-bond donors (Lipinski definition) is 1. The third-order valence-corrected chi connectivity index (χ3v) is 5.61. The molecule has 130 valence electrons. The van der Waals surface area contributed by atoms with Crippen LogP contribution in [-0.2, 0) is 0 Å². The summed E-state index contributed by atoms with van der Waals surface area (Å²) in [6.07, 6.45) is 2.38. The van der Waals surface area contributed by atoms with Crippen molar-refractivity contribution in [1.29, 1.82) is 0 Å². The fraction of sp³-hybridized carbons (Fsp3) is 0.350. The van der Waals surface area contributed by atoms with Gasteiger partial charge < -0.3 is 14.6 Å². The summed E-state index contributed by atoms with van der Waals surface area (Å²) >= 11 is 0. The van der Waals surface area contributed by atoms with E-state index in [1.54, 1.807) is 0 Å². The molecular weight excluding hydrogens is 336 g/mol. The number of nitrogens with zero attached hydrogens (tertiary/aromatic N) is 1. The Morgan fingerprint density at radius 2 is 1.84 bits per heavy atom. The second kappa shape index (κ2) is 6.36. The SMILES string of the molecule is Cl.O=C(N[C@@H]1CN2CCC1CC2)c1cc2ccc3ccccc3c2o1. The fourth-order valence-electron chi connectivity index (χ4n) is 4.25. The Bertz CT molecular complexity index is 928. The average molecular weight is 357 g/mol. The molecule has 5 heteroatoms. The number of halogens is 1. The zero-order valence-electron chi connectivity index (χ0n) is 13.9. The van der Waals surface area contributed by atoms with E-state index in [2.05, 4.69) is 22.3 Å². The summed E-state index contributed by atoms with van der Waals surface area (Å²) in [5, 5.41) is 6.36. The maximum atomic E-state index is 12.7. The van der Waals surface area contributed by atoms with Crippen LogP contribution in [0.5, 0.6) is 0 Å². The monoisotopic (exact) mass is 356 g/mol. The summed E-state index contributed by atoms with van der Waals surface area (Å²) in [6.45, 7) is 3.32. The van der Waals surface area contributed by atoms with E-state index in [9.17, 15) is 4.79 Å². The summed E-state index contributed by atoms with van der Waals surface area (Å²) in [5.74, 6) is 0.941. The highest BCUT2D eigenvalue weighted by Gasteiger charge is 2.35. The van der Waals surface area contributed by atoms with Gasteiger partial charge in [0.25, 0.3) is 5.91 Å². The van der Waals surface area contributed by atoms with Gasteiger partial charge in [-0.2, -0.15) is 0 Å². The van der Waals surface area contributed by atoms with Gasteiger partial charge in [0, 0.05) is 23.4 Å². The number of benzene rings is 2. The number of fused-ring (bicyclic) bond motifs is 6. The summed E-state index contributed by atoms with van der Waals surface area (Å²) in [5.41, 5.74) is 0.798. The van der Waals surface area contributed by atoms with Gasteiger partial charge in [0.2, 0.25) is 0 Å². The van der Waals surface area contributed by atoms with Crippen LogP contribution < -0.4 is 5.32 Å². The average Bonchev–Trinajstić information content (AvgIpc) is 3.08. The molecule has 1 aromatic heterocycles. The lowest BCUT2D eigenvalue weighted by molar-refractivity contribution is 0.0607. The van der Waals surface area contributed by atoms with Crippen molar-refractivity contribution in [2.75, 3.05) is 19.6 Å². The zero-order chi connectivity index (χ0) is 16.1. The maximum absolute atomic E-state index is 12.7. The van der Waals surface area contributed by atoms with Crippen molar-refractivity contribution in [3.63, 3.8) is 0 Å². The molecule has 0 aliphatic carbocycles. The standard InChI is InChI=1S/C20H20N2O2.ClH/c23-20(21-17-12-22-9-7-14(17)8-10-22)18-11-15-6-5-13-3-1-2-4-16(13)19(15)24-18;/h1-6,11,14,17H,7-10,12H2,(H,21,23);1H/t17-;/m1./s1. The number of nitrogens with one attached hydrogen (secondary N) is 1. The predicted molar refractivity (Wildman–Crippen MR) is 101 cm³/mol. The number of carbonyl (C=O) groups is 1. The van der Waals surface area contributed by atoms with Crippen molar-refractivity contribution >= 4 is 40.1 Å². The molecule has 3 saturated heterocycles. The summed E-state index contributed by atoms with van der Waals surface area (Å²) < 4.78 is 5.94. The highest BCUT2D eigenvalue weighted by molar-refractivity contribution is 6.07. The molecule has 2 bridgehead atoms. The van der Waals surface area contributed by atoms with Gasteiger partial charge in [-0.3, -0.25) is 4.79 Å². The van der Waals surface area contributed by atoms with Crippen LogP contribution in [0.3, 0.4) is 0 Å². The first-order valence-corrected chi connectivity index (χ1v) is 8.72. The molecule has 3 fully saturated rings. The quantitative estimate of drug-likeness (QED) is 0.759. The first-order chi connectivity index (χ1) is 11.8. The van der Waals surface area contributed by atoms with E-state index >= 15 is 0 Å². The van der Waals surface area contributed by atoms with E-state index in [1.807, 2.05) is 30.3 Å². The molecule has 1 amide bonds. The van der Waals surface area contributed by atoms with Gasteiger partial charge >= 0.3 is 0 Å². The van der Waals surface area contributed by atoms with Crippen LogP contribution in [0, 0.1) is 5.92 Å². The lowest BCUT2D eigenvalue weighted by Gasteiger charge is -2.44. The molecular formula is C20H21ClN2O2. The van der Waals surface area contributed by atoms with Gasteiger partial charge in [0.05, 0.1) is 0 Å². The minimum absolute atomic E-state index is 0. The number of rotatable bonds is 2. The normalized spacial score (nSPS) is 25.0. The molecule has 3 aromatic rings. The number of carbonyl (C=O) groups excluding carboxylic acids is 1. The van der Waals surface area contributed by atoms with Gasteiger partial charge in [-0.05, 0) is 43.3 Å². The van der Waals surface area contributed by atoms with Crippen LogP contribution in [0.15, 0.2) is 46.9 Å². The van der Waals surface area contributed by atoms with E-state index in [1.165, 1.54) is 25.9 Å². The summed E-state index contributed by atoms with van der Waals surface area (Å²) in [6, 6.07) is 14.3. The first-order valence-electron chi connectivity index (χ1n) is 8.72. The third kappa shape index (κ3) is 2.79. The van der Waals surface area contributed by atoms with Gasteiger partial charge in [-0.25, -0.2) is 0 Å². The van der Waals surface area contributed by atoms with Crippen molar-refractivity contribution in [2.24, 2.45) is 5.92 Å². The molecule has 0 saturated carbocycles. The Morgan fingerprint density at radius 1 is 1.08 bits per heavy atom. The Labute approximate surface area is 152 Å². The molecule has 3 aliphatic heterocycles. The highest BCUT2D eigenvalue weighted by Crippen LogP contribution is 2.30. The van der Waals surface area contributed by atoms with E-state index in [0.717, 1.165) is 28.3 Å². The second-order valence-electron chi connectivity index (χ2n) is 7.03. The summed E-state index contributed by atoms with van der Waals surface area (Å²) in [4.78, 5) is 15.1. The minimum atomic E-state index is -0.0889. The van der Waals surface area contributed by atoms with Crippen molar-refractivity contribution in [3.8, 4) is 0 Å². The molecule has 4 nitrogen and oxygen atoms in total. The molecule has 0 unspecified atom stereocenters. The molecule has 3 aliphatic rings. The van der Waals surface area contributed by atoms with Crippen molar-refractivity contribution in [3.05, 3.63) is 48.2 Å². The number of furan rings is 1. The van der Waals surface area contributed by atoms with Gasteiger partial charge in [0.15, 0.2) is 5.76 Å². The first kappa shape index (κ1) is 16.4. The zero-order valence-corrected chi connectivity index (χ0v) is 14.7. The Hall–Kier alpha value is -2.04. The largest absolute Gasteiger partial charge is 0.450 e. The van der Waals surface area contributed by atoms with Crippen LogP contribution in [0.2, 0.25) is 0 Å². The number of amides is 1. The lowest BCUT2D eigenvalue weighted by atomic mass is 9.84.